The fraction of sp³-hybridized carbons (Fsp3) is 0.846. The molecule has 0 rings (SSSR count). The van der Waals surface area contributed by atoms with Crippen molar-refractivity contribution in [2.24, 2.45) is 11.5 Å². The zero-order valence-corrected chi connectivity index (χ0v) is 17.0. The first kappa shape index (κ1) is 26.4. The SMILES string of the molecule is CCCCCCOC(N)=S.CCO[SiH](C)OCC.NC(O)=S. The van der Waals surface area contributed by atoms with Crippen molar-refractivity contribution in [2.45, 2.75) is 53.0 Å². The minimum absolute atomic E-state index is 0.163. The molecule has 0 saturated carbocycles. The second-order valence-corrected chi connectivity index (χ2v) is 6.67. The summed E-state index contributed by atoms with van der Waals surface area (Å²) in [6.07, 6.45) is 4.78. The van der Waals surface area contributed by atoms with E-state index in [4.69, 9.17) is 24.4 Å². The summed E-state index contributed by atoms with van der Waals surface area (Å²) in [4.78, 5) is 0. The second-order valence-electron chi connectivity index (χ2n) is 4.04. The fourth-order valence-corrected chi connectivity index (χ4v) is 2.34. The lowest BCUT2D eigenvalue weighted by Crippen LogP contribution is -2.17. The Labute approximate surface area is 147 Å². The van der Waals surface area contributed by atoms with E-state index >= 15 is 0 Å². The predicted octanol–water partition coefficient (Wildman–Crippen LogP) is 2.52. The van der Waals surface area contributed by atoms with Gasteiger partial charge in [-0.3, -0.25) is 0 Å². The molecule has 9 heteroatoms. The molecule has 0 radical (unpaired) electrons. The number of ether oxygens (including phenoxy) is 1. The van der Waals surface area contributed by atoms with Gasteiger partial charge >= 0.3 is 9.28 Å². The first-order chi connectivity index (χ1) is 10.3. The molecule has 0 aliphatic rings. The largest absolute Gasteiger partial charge is 0.487 e. The van der Waals surface area contributed by atoms with Gasteiger partial charge in [0.05, 0.1) is 6.61 Å². The van der Waals surface area contributed by atoms with Gasteiger partial charge in [-0.15, -0.1) is 0 Å². The molecule has 0 bridgehead atoms. The van der Waals surface area contributed by atoms with Gasteiger partial charge in [-0.05, 0) is 51.3 Å². The van der Waals surface area contributed by atoms with Crippen molar-refractivity contribution in [3.05, 3.63) is 0 Å². The van der Waals surface area contributed by atoms with E-state index in [-0.39, 0.29) is 5.17 Å². The second kappa shape index (κ2) is 22.8. The number of rotatable bonds is 9. The summed E-state index contributed by atoms with van der Waals surface area (Å²) < 4.78 is 15.3. The van der Waals surface area contributed by atoms with Gasteiger partial charge in [0.15, 0.2) is 0 Å². The minimum atomic E-state index is -1.20. The Morgan fingerprint density at radius 3 is 1.77 bits per heavy atom. The van der Waals surface area contributed by atoms with E-state index in [1.807, 2.05) is 20.4 Å². The van der Waals surface area contributed by atoms with Crippen LogP contribution in [0, 0.1) is 0 Å². The van der Waals surface area contributed by atoms with Crippen LogP contribution in [-0.2, 0) is 13.6 Å². The van der Waals surface area contributed by atoms with Crippen molar-refractivity contribution >= 4 is 44.1 Å². The lowest BCUT2D eigenvalue weighted by molar-refractivity contribution is 0.219. The molecule has 0 saturated heterocycles. The molecule has 0 fully saturated rings. The standard InChI is InChI=1S/C7H15NOS.C5H14O2Si.CH3NOS/c1-2-3-4-5-6-9-7(8)10;1-4-6-8(3)7-5-2;2-1(3)4/h2-6H2,1H3,(H2,8,10);8H,4-5H2,1-3H3;(H3,2,3,4). The highest BCUT2D eigenvalue weighted by Crippen LogP contribution is 1.98. The van der Waals surface area contributed by atoms with Gasteiger partial charge < -0.3 is 30.2 Å². The first-order valence-electron chi connectivity index (χ1n) is 7.45. The lowest BCUT2D eigenvalue weighted by Gasteiger charge is -2.07. The summed E-state index contributed by atoms with van der Waals surface area (Å²) in [6.45, 7) is 10.4. The van der Waals surface area contributed by atoms with Crippen LogP contribution >= 0.6 is 24.4 Å². The minimum Gasteiger partial charge on any atom is -0.487 e. The summed E-state index contributed by atoms with van der Waals surface area (Å²) in [5.41, 5.74) is 9.51. The van der Waals surface area contributed by atoms with Crippen molar-refractivity contribution in [2.75, 3.05) is 19.8 Å². The average molecular weight is 373 g/mol. The third-order valence-electron chi connectivity index (χ3n) is 2.04. The Bertz CT molecular complexity index is 252. The van der Waals surface area contributed by atoms with Crippen molar-refractivity contribution in [1.29, 1.82) is 0 Å². The maximum Gasteiger partial charge on any atom is 0.318 e. The highest BCUT2D eigenvalue weighted by atomic mass is 32.1. The summed E-state index contributed by atoms with van der Waals surface area (Å²) in [6, 6.07) is 0. The van der Waals surface area contributed by atoms with E-state index < -0.39 is 14.5 Å². The Balaban J connectivity index is -0.000000269. The number of nitrogens with two attached hydrogens (primary N) is 2. The van der Waals surface area contributed by atoms with Gasteiger partial charge in [-0.1, -0.05) is 26.2 Å². The van der Waals surface area contributed by atoms with Crippen LogP contribution in [0.4, 0.5) is 0 Å². The van der Waals surface area contributed by atoms with Gasteiger partial charge in [0.25, 0.3) is 10.3 Å². The Kier molecular flexibility index (Phi) is 27.4. The van der Waals surface area contributed by atoms with Gasteiger partial charge in [-0.2, -0.15) is 0 Å². The third-order valence-corrected chi connectivity index (χ3v) is 3.77. The molecule has 134 valence electrons. The molecule has 0 amide bonds. The smallest absolute Gasteiger partial charge is 0.318 e. The third kappa shape index (κ3) is 42.7. The van der Waals surface area contributed by atoms with Crippen molar-refractivity contribution in [3.63, 3.8) is 0 Å². The molecule has 0 aliphatic heterocycles. The van der Waals surface area contributed by atoms with Crippen LogP contribution < -0.4 is 11.5 Å². The number of hydrogen-bond acceptors (Lipinski definition) is 5. The number of aliphatic hydroxyl groups is 1. The normalized spacial score (nSPS) is 9.14. The summed E-state index contributed by atoms with van der Waals surface area (Å²) in [7, 11) is -1.20. The molecule has 22 heavy (non-hydrogen) atoms. The summed E-state index contributed by atoms with van der Waals surface area (Å²) in [5.74, 6) is 0. The van der Waals surface area contributed by atoms with E-state index in [2.05, 4.69) is 37.1 Å². The molecule has 0 aliphatic carbocycles. The Hall–Kier alpha value is -0.483. The molecule has 0 heterocycles. The van der Waals surface area contributed by atoms with Gasteiger partial charge in [0.1, 0.15) is 0 Å². The quantitative estimate of drug-likeness (QED) is 0.322. The van der Waals surface area contributed by atoms with Gasteiger partial charge in [0, 0.05) is 13.2 Å². The lowest BCUT2D eigenvalue weighted by atomic mass is 10.2. The van der Waals surface area contributed by atoms with Crippen LogP contribution in [0.2, 0.25) is 6.55 Å². The van der Waals surface area contributed by atoms with E-state index in [1.54, 1.807) is 0 Å². The predicted molar refractivity (Wildman–Crippen MR) is 103 cm³/mol. The number of aliphatic hydroxyl groups excluding tert-OH is 1. The van der Waals surface area contributed by atoms with E-state index in [0.717, 1.165) is 19.6 Å². The average Bonchev–Trinajstić information content (AvgIpc) is 2.39. The molecule has 0 aromatic carbocycles. The van der Waals surface area contributed by atoms with Gasteiger partial charge in [-0.25, -0.2) is 0 Å². The first-order valence-corrected chi connectivity index (χ1v) is 10.4. The molecule has 5 N–H and O–H groups in total. The van der Waals surface area contributed by atoms with Crippen LogP contribution in [-0.4, -0.2) is 44.6 Å². The summed E-state index contributed by atoms with van der Waals surface area (Å²) >= 11 is 8.40. The van der Waals surface area contributed by atoms with Crippen molar-refractivity contribution in [1.82, 2.24) is 0 Å². The van der Waals surface area contributed by atoms with E-state index in [9.17, 15) is 0 Å². The highest BCUT2D eigenvalue weighted by molar-refractivity contribution is 7.80. The zero-order valence-electron chi connectivity index (χ0n) is 14.2. The molecular formula is C13H32N2O4S2Si. The van der Waals surface area contributed by atoms with Crippen LogP contribution in [0.25, 0.3) is 0 Å². The van der Waals surface area contributed by atoms with Crippen LogP contribution in [0.15, 0.2) is 0 Å². The fourth-order valence-electron chi connectivity index (χ4n) is 1.22. The Morgan fingerprint density at radius 2 is 1.45 bits per heavy atom. The van der Waals surface area contributed by atoms with Crippen LogP contribution in [0.3, 0.4) is 0 Å². The number of thiocarbonyl (C=S) groups is 2. The maximum absolute atomic E-state index is 7.56. The molecule has 0 unspecified atom stereocenters. The summed E-state index contributed by atoms with van der Waals surface area (Å²) in [5, 5.41) is 7.23. The topological polar surface area (TPSA) is 100.0 Å². The maximum atomic E-state index is 7.56. The molecular weight excluding hydrogens is 340 g/mol. The highest BCUT2D eigenvalue weighted by Gasteiger charge is 1.99. The monoisotopic (exact) mass is 372 g/mol. The number of unbranched alkanes of at least 4 members (excludes halogenated alkanes) is 3. The van der Waals surface area contributed by atoms with E-state index in [1.165, 1.54) is 19.3 Å². The molecule has 6 nitrogen and oxygen atoms in total. The molecule has 0 spiro atoms. The van der Waals surface area contributed by atoms with Crippen LogP contribution in [0.1, 0.15) is 46.5 Å². The van der Waals surface area contributed by atoms with E-state index in [0.29, 0.717) is 6.61 Å². The zero-order chi connectivity index (χ0) is 17.8. The molecule has 0 aromatic heterocycles. The van der Waals surface area contributed by atoms with Crippen molar-refractivity contribution in [3.8, 4) is 0 Å². The molecule has 0 aromatic rings. The molecule has 0 atom stereocenters. The Morgan fingerprint density at radius 1 is 1.00 bits per heavy atom. The van der Waals surface area contributed by atoms with Crippen molar-refractivity contribution < 1.29 is 18.7 Å². The van der Waals surface area contributed by atoms with Gasteiger partial charge in [0.2, 0.25) is 0 Å². The number of hydrogen-bond donors (Lipinski definition) is 3. The van der Waals surface area contributed by atoms with Crippen LogP contribution in [0.5, 0.6) is 0 Å².